The van der Waals surface area contributed by atoms with Crippen LogP contribution in [0.4, 0.5) is 10.1 Å². The van der Waals surface area contributed by atoms with Crippen LogP contribution in [0.2, 0.25) is 0 Å². The number of rotatable bonds is 8. The third kappa shape index (κ3) is 6.30. The number of carbonyl (C=O) groups excluding carboxylic acids is 2. The van der Waals surface area contributed by atoms with Crippen molar-refractivity contribution in [1.82, 2.24) is 5.32 Å². The second-order valence-corrected chi connectivity index (χ2v) is 8.07. The van der Waals surface area contributed by atoms with Crippen molar-refractivity contribution in [1.29, 1.82) is 0 Å². The van der Waals surface area contributed by atoms with E-state index in [0.717, 1.165) is 12.8 Å². The predicted molar refractivity (Wildman–Crippen MR) is 114 cm³/mol. The molecule has 3 rings (SSSR count). The Balaban J connectivity index is 1.43. The molecular formula is C22H25FN2O3S. The Labute approximate surface area is 174 Å². The molecule has 1 aliphatic heterocycles. The molecule has 29 heavy (non-hydrogen) atoms. The lowest BCUT2D eigenvalue weighted by atomic mass is 9.74. The molecule has 2 aromatic carbocycles. The molecule has 2 aromatic rings. The zero-order valence-electron chi connectivity index (χ0n) is 16.2. The van der Waals surface area contributed by atoms with Crippen molar-refractivity contribution in [2.45, 2.75) is 18.3 Å². The van der Waals surface area contributed by atoms with E-state index in [1.807, 2.05) is 18.2 Å². The van der Waals surface area contributed by atoms with E-state index >= 15 is 0 Å². The van der Waals surface area contributed by atoms with E-state index < -0.39 is 0 Å². The van der Waals surface area contributed by atoms with Crippen molar-refractivity contribution in [2.75, 3.05) is 36.6 Å². The van der Waals surface area contributed by atoms with Crippen LogP contribution in [0, 0.1) is 5.82 Å². The van der Waals surface area contributed by atoms with Gasteiger partial charge in [0, 0.05) is 30.9 Å². The van der Waals surface area contributed by atoms with Gasteiger partial charge in [-0.05, 0) is 42.7 Å². The largest absolute Gasteiger partial charge is 0.381 e. The molecule has 154 valence electrons. The summed E-state index contributed by atoms with van der Waals surface area (Å²) < 4.78 is 18.4. The monoisotopic (exact) mass is 416 g/mol. The maximum absolute atomic E-state index is 12.9. The van der Waals surface area contributed by atoms with E-state index in [1.165, 1.54) is 41.6 Å². The first-order valence-electron chi connectivity index (χ1n) is 9.61. The average molecular weight is 417 g/mol. The standard InChI is InChI=1S/C22H25FN2O3S/c23-18-6-8-19(9-7-18)25-21(27)15-29-14-20(26)24-16-22(10-12-28-13-11-22)17-4-2-1-3-5-17/h1-9H,10-16H2,(H,24,26)(H,25,27). The topological polar surface area (TPSA) is 67.4 Å². The summed E-state index contributed by atoms with van der Waals surface area (Å²) in [5.74, 6) is -0.307. The average Bonchev–Trinajstić information content (AvgIpc) is 2.75. The van der Waals surface area contributed by atoms with Crippen LogP contribution in [0.3, 0.4) is 0 Å². The quantitative estimate of drug-likeness (QED) is 0.693. The van der Waals surface area contributed by atoms with Crippen LogP contribution in [0.5, 0.6) is 0 Å². The molecule has 0 bridgehead atoms. The van der Waals surface area contributed by atoms with Gasteiger partial charge in [-0.15, -0.1) is 11.8 Å². The third-order valence-electron chi connectivity index (χ3n) is 5.05. The molecule has 0 saturated carbocycles. The molecule has 1 saturated heterocycles. The molecule has 1 aliphatic rings. The van der Waals surface area contributed by atoms with Gasteiger partial charge in [0.25, 0.3) is 0 Å². The van der Waals surface area contributed by atoms with E-state index in [9.17, 15) is 14.0 Å². The normalized spacial score (nSPS) is 15.5. The van der Waals surface area contributed by atoms with E-state index in [0.29, 0.717) is 25.4 Å². The first-order valence-corrected chi connectivity index (χ1v) is 10.8. The van der Waals surface area contributed by atoms with Gasteiger partial charge in [0.1, 0.15) is 5.82 Å². The van der Waals surface area contributed by atoms with Gasteiger partial charge >= 0.3 is 0 Å². The third-order valence-corrected chi connectivity index (χ3v) is 5.99. The molecule has 0 aromatic heterocycles. The van der Waals surface area contributed by atoms with Gasteiger partial charge in [-0.3, -0.25) is 9.59 Å². The van der Waals surface area contributed by atoms with Gasteiger partial charge < -0.3 is 15.4 Å². The number of hydrogen-bond acceptors (Lipinski definition) is 4. The van der Waals surface area contributed by atoms with Gasteiger partial charge in [0.15, 0.2) is 0 Å². The Hall–Kier alpha value is -2.38. The van der Waals surface area contributed by atoms with E-state index in [4.69, 9.17) is 4.74 Å². The molecule has 1 fully saturated rings. The van der Waals surface area contributed by atoms with E-state index in [1.54, 1.807) is 0 Å². The molecule has 0 radical (unpaired) electrons. The number of nitrogens with one attached hydrogen (secondary N) is 2. The molecule has 0 atom stereocenters. The lowest BCUT2D eigenvalue weighted by Gasteiger charge is -2.38. The summed E-state index contributed by atoms with van der Waals surface area (Å²) in [6.45, 7) is 1.92. The summed E-state index contributed by atoms with van der Waals surface area (Å²) in [6, 6.07) is 15.8. The minimum Gasteiger partial charge on any atom is -0.381 e. The Kier molecular flexibility index (Phi) is 7.66. The van der Waals surface area contributed by atoms with Crippen LogP contribution in [0.15, 0.2) is 54.6 Å². The van der Waals surface area contributed by atoms with Crippen molar-refractivity contribution in [3.8, 4) is 0 Å². The number of anilines is 1. The zero-order valence-corrected chi connectivity index (χ0v) is 17.0. The second kappa shape index (κ2) is 10.4. The van der Waals surface area contributed by atoms with Crippen LogP contribution < -0.4 is 10.6 Å². The SMILES string of the molecule is O=C(CSCC(=O)Nc1ccc(F)cc1)NCC1(c2ccccc2)CCOCC1. The lowest BCUT2D eigenvalue weighted by molar-refractivity contribution is -0.119. The number of thioether (sulfide) groups is 1. The molecule has 0 aliphatic carbocycles. The molecule has 2 N–H and O–H groups in total. The molecule has 0 spiro atoms. The number of carbonyl (C=O) groups is 2. The summed E-state index contributed by atoms with van der Waals surface area (Å²) in [4.78, 5) is 24.2. The molecule has 2 amide bonds. The highest BCUT2D eigenvalue weighted by Gasteiger charge is 2.34. The summed E-state index contributed by atoms with van der Waals surface area (Å²) in [5.41, 5.74) is 1.64. The van der Waals surface area contributed by atoms with Gasteiger partial charge in [-0.25, -0.2) is 4.39 Å². The fraction of sp³-hybridized carbons (Fsp3) is 0.364. The molecule has 7 heteroatoms. The number of benzene rings is 2. The smallest absolute Gasteiger partial charge is 0.234 e. The summed E-state index contributed by atoms with van der Waals surface area (Å²) in [5, 5.41) is 5.71. The Morgan fingerprint density at radius 1 is 0.966 bits per heavy atom. The lowest BCUT2D eigenvalue weighted by Crippen LogP contribution is -2.45. The van der Waals surface area contributed by atoms with Crippen LogP contribution in [0.25, 0.3) is 0 Å². The van der Waals surface area contributed by atoms with E-state index in [-0.39, 0.29) is 34.6 Å². The second-order valence-electron chi connectivity index (χ2n) is 7.08. The molecule has 1 heterocycles. The summed E-state index contributed by atoms with van der Waals surface area (Å²) in [6.07, 6.45) is 1.73. The fourth-order valence-electron chi connectivity index (χ4n) is 3.41. The maximum Gasteiger partial charge on any atom is 0.234 e. The highest BCUT2D eigenvalue weighted by Crippen LogP contribution is 2.34. The Bertz CT molecular complexity index is 809. The minimum absolute atomic E-state index is 0.0913. The van der Waals surface area contributed by atoms with Gasteiger partial charge in [0.2, 0.25) is 11.8 Å². The predicted octanol–water partition coefficient (Wildman–Crippen LogP) is 3.36. The first kappa shape index (κ1) is 21.3. The zero-order chi connectivity index (χ0) is 20.5. The highest BCUT2D eigenvalue weighted by atomic mass is 32.2. The number of halogens is 1. The van der Waals surface area contributed by atoms with Gasteiger partial charge in [-0.2, -0.15) is 0 Å². The van der Waals surface area contributed by atoms with Crippen LogP contribution >= 0.6 is 11.8 Å². The van der Waals surface area contributed by atoms with Gasteiger partial charge in [0.05, 0.1) is 11.5 Å². The van der Waals surface area contributed by atoms with Crippen molar-refractivity contribution in [3.05, 3.63) is 66.0 Å². The summed E-state index contributed by atoms with van der Waals surface area (Å²) >= 11 is 1.25. The van der Waals surface area contributed by atoms with Crippen LogP contribution in [0.1, 0.15) is 18.4 Å². The van der Waals surface area contributed by atoms with Crippen molar-refractivity contribution < 1.29 is 18.7 Å². The van der Waals surface area contributed by atoms with Crippen molar-refractivity contribution in [3.63, 3.8) is 0 Å². The fourth-order valence-corrected chi connectivity index (χ4v) is 4.05. The Morgan fingerprint density at radius 2 is 1.62 bits per heavy atom. The van der Waals surface area contributed by atoms with Crippen LogP contribution in [-0.2, 0) is 19.7 Å². The Morgan fingerprint density at radius 3 is 2.31 bits per heavy atom. The molecular weight excluding hydrogens is 391 g/mol. The first-order chi connectivity index (χ1) is 14.1. The summed E-state index contributed by atoms with van der Waals surface area (Å²) in [7, 11) is 0. The number of hydrogen-bond donors (Lipinski definition) is 2. The van der Waals surface area contributed by atoms with Crippen molar-refractivity contribution >= 4 is 29.3 Å². The number of ether oxygens (including phenoxy) is 1. The maximum atomic E-state index is 12.9. The van der Waals surface area contributed by atoms with E-state index in [2.05, 4.69) is 22.8 Å². The van der Waals surface area contributed by atoms with Crippen LogP contribution in [-0.4, -0.2) is 43.1 Å². The van der Waals surface area contributed by atoms with Crippen molar-refractivity contribution in [2.24, 2.45) is 0 Å². The minimum atomic E-state index is -0.355. The molecule has 0 unspecified atom stereocenters. The highest BCUT2D eigenvalue weighted by molar-refractivity contribution is 8.00. The molecule has 5 nitrogen and oxygen atoms in total. The number of amides is 2. The van der Waals surface area contributed by atoms with Gasteiger partial charge in [-0.1, -0.05) is 30.3 Å².